The molecule has 0 aliphatic carbocycles. The van der Waals surface area contributed by atoms with E-state index >= 15 is 0 Å². The molecular weight excluding hydrogens is 336 g/mol. The number of ether oxygens (including phenoxy) is 1. The molecule has 1 N–H and O–H groups in total. The molecule has 9 nitrogen and oxygen atoms in total. The van der Waals surface area contributed by atoms with E-state index in [0.717, 1.165) is 5.69 Å². The molecule has 3 heterocycles. The Morgan fingerprint density at radius 1 is 1.42 bits per heavy atom. The summed E-state index contributed by atoms with van der Waals surface area (Å²) in [6.07, 6.45) is 0.435. The molecule has 1 aliphatic rings. The number of hydrogen-bond acceptors (Lipinski definition) is 7. The Labute approximate surface area is 139 Å². The average molecular weight is 354 g/mol. The number of carbonyl (C=O) groups excluding carboxylic acids is 1. The van der Waals surface area contributed by atoms with E-state index in [2.05, 4.69) is 15.4 Å². The van der Waals surface area contributed by atoms with Gasteiger partial charge < -0.3 is 9.26 Å². The highest BCUT2D eigenvalue weighted by molar-refractivity contribution is 7.89. The average Bonchev–Trinajstić information content (AvgIpc) is 3.10. The topological polar surface area (TPSA) is 118 Å². The quantitative estimate of drug-likeness (QED) is 0.812. The van der Waals surface area contributed by atoms with E-state index in [4.69, 9.17) is 9.26 Å². The van der Waals surface area contributed by atoms with Gasteiger partial charge in [0, 0.05) is 30.8 Å². The third-order valence-electron chi connectivity index (χ3n) is 3.93. The number of nitrogens with zero attached hydrogens (tertiary/aromatic N) is 3. The molecule has 0 fully saturated rings. The number of aromatic amines is 1. The van der Waals surface area contributed by atoms with Gasteiger partial charge in [-0.05, 0) is 20.8 Å². The predicted molar refractivity (Wildman–Crippen MR) is 81.8 cm³/mol. The summed E-state index contributed by atoms with van der Waals surface area (Å²) in [6.45, 7) is 5.40. The number of hydrogen-bond donors (Lipinski definition) is 1. The van der Waals surface area contributed by atoms with Crippen LogP contribution in [0.15, 0.2) is 9.42 Å². The Morgan fingerprint density at radius 2 is 2.17 bits per heavy atom. The van der Waals surface area contributed by atoms with Gasteiger partial charge >= 0.3 is 5.97 Å². The Hall–Kier alpha value is -2.20. The Bertz CT molecular complexity index is 864. The SMILES string of the molecule is CCOC(=O)c1n[nH]c2c1CN(S(=O)(=O)c1c(C)noc1C)CC2. The second-order valence-corrected chi connectivity index (χ2v) is 7.37. The zero-order valence-corrected chi connectivity index (χ0v) is 14.4. The molecule has 0 unspecified atom stereocenters. The molecule has 0 radical (unpaired) electrons. The van der Waals surface area contributed by atoms with E-state index in [1.54, 1.807) is 20.8 Å². The van der Waals surface area contributed by atoms with Crippen LogP contribution in [0.1, 0.15) is 40.1 Å². The summed E-state index contributed by atoms with van der Waals surface area (Å²) in [4.78, 5) is 12.0. The highest BCUT2D eigenvalue weighted by Crippen LogP contribution is 2.29. The van der Waals surface area contributed by atoms with E-state index in [9.17, 15) is 13.2 Å². The van der Waals surface area contributed by atoms with Gasteiger partial charge in [-0.3, -0.25) is 5.10 Å². The summed E-state index contributed by atoms with van der Waals surface area (Å²) in [6, 6.07) is 0. The van der Waals surface area contributed by atoms with Crippen molar-refractivity contribution >= 4 is 16.0 Å². The number of aromatic nitrogens is 3. The van der Waals surface area contributed by atoms with Crippen LogP contribution in [-0.2, 0) is 27.7 Å². The molecule has 0 bridgehead atoms. The highest BCUT2D eigenvalue weighted by Gasteiger charge is 2.36. The molecule has 0 amide bonds. The lowest BCUT2D eigenvalue weighted by Crippen LogP contribution is -2.36. The van der Waals surface area contributed by atoms with Crippen molar-refractivity contribution < 1.29 is 22.5 Å². The van der Waals surface area contributed by atoms with Crippen LogP contribution in [0, 0.1) is 13.8 Å². The van der Waals surface area contributed by atoms with Crippen LogP contribution >= 0.6 is 0 Å². The van der Waals surface area contributed by atoms with Crippen LogP contribution in [-0.4, -0.2) is 47.2 Å². The Kier molecular flexibility index (Phi) is 4.18. The van der Waals surface area contributed by atoms with Crippen molar-refractivity contribution in [1.29, 1.82) is 0 Å². The first-order chi connectivity index (χ1) is 11.4. The van der Waals surface area contributed by atoms with Crippen LogP contribution in [0.3, 0.4) is 0 Å². The van der Waals surface area contributed by atoms with Gasteiger partial charge in [0.25, 0.3) is 0 Å². The largest absolute Gasteiger partial charge is 0.461 e. The van der Waals surface area contributed by atoms with Crippen LogP contribution in [0.25, 0.3) is 0 Å². The summed E-state index contributed by atoms with van der Waals surface area (Å²) in [7, 11) is -3.77. The maximum atomic E-state index is 12.9. The Balaban J connectivity index is 1.95. The van der Waals surface area contributed by atoms with Crippen molar-refractivity contribution in [3.8, 4) is 0 Å². The lowest BCUT2D eigenvalue weighted by atomic mass is 10.1. The molecule has 0 atom stereocenters. The number of aryl methyl sites for hydroxylation is 2. The maximum absolute atomic E-state index is 12.9. The summed E-state index contributed by atoms with van der Waals surface area (Å²) in [5, 5.41) is 10.5. The van der Waals surface area contributed by atoms with Crippen molar-refractivity contribution in [2.24, 2.45) is 0 Å². The van der Waals surface area contributed by atoms with Gasteiger partial charge in [-0.15, -0.1) is 0 Å². The van der Waals surface area contributed by atoms with Crippen LogP contribution in [0.4, 0.5) is 0 Å². The molecular formula is C14H18N4O5S. The fourth-order valence-corrected chi connectivity index (χ4v) is 4.52. The summed E-state index contributed by atoms with van der Waals surface area (Å²) in [5.41, 5.74) is 1.75. The van der Waals surface area contributed by atoms with Gasteiger partial charge in [0.1, 0.15) is 10.6 Å². The first-order valence-corrected chi connectivity index (χ1v) is 8.96. The second-order valence-electron chi connectivity index (χ2n) is 5.49. The van der Waals surface area contributed by atoms with Crippen molar-refractivity contribution in [3.05, 3.63) is 28.4 Å². The van der Waals surface area contributed by atoms with Crippen LogP contribution in [0.5, 0.6) is 0 Å². The fraction of sp³-hybridized carbons (Fsp3) is 0.500. The standard InChI is InChI=1S/C14H18N4O5S/c1-4-22-14(19)12-10-7-18(6-5-11(10)15-16-12)24(20,21)13-8(2)17-23-9(13)3/h4-7H2,1-3H3,(H,15,16). The van der Waals surface area contributed by atoms with Crippen molar-refractivity contribution in [2.45, 2.75) is 38.6 Å². The molecule has 0 aromatic carbocycles. The van der Waals surface area contributed by atoms with E-state index in [1.165, 1.54) is 4.31 Å². The number of esters is 1. The zero-order valence-electron chi connectivity index (χ0n) is 13.6. The van der Waals surface area contributed by atoms with Crippen LogP contribution in [0.2, 0.25) is 0 Å². The van der Waals surface area contributed by atoms with Crippen molar-refractivity contribution in [1.82, 2.24) is 19.7 Å². The lowest BCUT2D eigenvalue weighted by molar-refractivity contribution is 0.0517. The van der Waals surface area contributed by atoms with E-state index in [1.807, 2.05) is 0 Å². The maximum Gasteiger partial charge on any atom is 0.359 e. The first kappa shape index (κ1) is 16.7. The van der Waals surface area contributed by atoms with Gasteiger partial charge in [0.05, 0.1) is 6.61 Å². The number of rotatable bonds is 4. The molecule has 10 heteroatoms. The molecule has 1 aliphatic heterocycles. The third kappa shape index (κ3) is 2.61. The molecule has 0 saturated heterocycles. The molecule has 2 aromatic heterocycles. The molecule has 2 aromatic rings. The number of H-pyrrole nitrogens is 1. The highest BCUT2D eigenvalue weighted by atomic mass is 32.2. The minimum atomic E-state index is -3.77. The lowest BCUT2D eigenvalue weighted by Gasteiger charge is -2.26. The van der Waals surface area contributed by atoms with Crippen LogP contribution < -0.4 is 0 Å². The van der Waals surface area contributed by atoms with Gasteiger partial charge in [-0.2, -0.15) is 9.40 Å². The smallest absolute Gasteiger partial charge is 0.359 e. The normalized spacial score (nSPS) is 15.3. The van der Waals surface area contributed by atoms with Gasteiger partial charge in [0.15, 0.2) is 11.5 Å². The molecule has 0 spiro atoms. The molecule has 24 heavy (non-hydrogen) atoms. The van der Waals surface area contributed by atoms with Crippen molar-refractivity contribution in [2.75, 3.05) is 13.2 Å². The first-order valence-electron chi connectivity index (χ1n) is 7.52. The monoisotopic (exact) mass is 354 g/mol. The minimum absolute atomic E-state index is 0.0480. The van der Waals surface area contributed by atoms with Crippen molar-refractivity contribution in [3.63, 3.8) is 0 Å². The van der Waals surface area contributed by atoms with Gasteiger partial charge in [-0.25, -0.2) is 13.2 Å². The number of fused-ring (bicyclic) bond motifs is 1. The molecule has 130 valence electrons. The molecule has 0 saturated carbocycles. The second kappa shape index (κ2) is 6.02. The fourth-order valence-electron chi connectivity index (χ4n) is 2.82. The number of carbonyl (C=O) groups is 1. The summed E-state index contributed by atoms with van der Waals surface area (Å²) >= 11 is 0. The summed E-state index contributed by atoms with van der Waals surface area (Å²) < 4.78 is 37.1. The van der Waals surface area contributed by atoms with E-state index in [0.29, 0.717) is 17.7 Å². The van der Waals surface area contributed by atoms with Gasteiger partial charge in [-0.1, -0.05) is 5.16 Å². The Morgan fingerprint density at radius 3 is 2.79 bits per heavy atom. The number of sulfonamides is 1. The third-order valence-corrected chi connectivity index (χ3v) is 6.02. The zero-order chi connectivity index (χ0) is 17.5. The number of nitrogens with one attached hydrogen (secondary N) is 1. The van der Waals surface area contributed by atoms with E-state index in [-0.39, 0.29) is 36.0 Å². The van der Waals surface area contributed by atoms with Gasteiger partial charge in [0.2, 0.25) is 10.0 Å². The summed E-state index contributed by atoms with van der Waals surface area (Å²) in [5.74, 6) is -0.317. The predicted octanol–water partition coefficient (Wildman–Crippen LogP) is 0.938. The van der Waals surface area contributed by atoms with E-state index < -0.39 is 16.0 Å². The molecule has 3 rings (SSSR count). The minimum Gasteiger partial charge on any atom is -0.461 e.